The van der Waals surface area contributed by atoms with Crippen LogP contribution in [-0.4, -0.2) is 22.8 Å². The van der Waals surface area contributed by atoms with Crippen LogP contribution in [0.25, 0.3) is 0 Å². The first kappa shape index (κ1) is 14.6. The summed E-state index contributed by atoms with van der Waals surface area (Å²) in [7, 11) is 0. The molecular weight excluding hydrogens is 276 g/mol. The van der Waals surface area contributed by atoms with E-state index in [4.69, 9.17) is 0 Å². The average Bonchev–Trinajstić information content (AvgIpc) is 2.84. The molecule has 0 aliphatic heterocycles. The standard InChI is InChI=1S/C19H26O3/c1-2-19-10-16(21)18-13-6-4-12(20)9-11(13)3-5-14(18)15(19)7-8-17(19)22/h9,13-16,18,21H,2-8,10H2,1H3/t13-,14-,15-,16+,18+,19-/m1/s1. The second-order valence-electron chi connectivity index (χ2n) is 7.96. The Balaban J connectivity index is 1.70. The topological polar surface area (TPSA) is 54.4 Å². The van der Waals surface area contributed by atoms with Crippen molar-refractivity contribution in [3.8, 4) is 0 Å². The van der Waals surface area contributed by atoms with E-state index < -0.39 is 0 Å². The smallest absolute Gasteiger partial charge is 0.155 e. The Kier molecular flexibility index (Phi) is 3.34. The van der Waals surface area contributed by atoms with Gasteiger partial charge in [-0.15, -0.1) is 0 Å². The van der Waals surface area contributed by atoms with Gasteiger partial charge in [-0.3, -0.25) is 9.59 Å². The first-order chi connectivity index (χ1) is 10.6. The van der Waals surface area contributed by atoms with Crippen molar-refractivity contribution in [2.24, 2.45) is 29.1 Å². The maximum Gasteiger partial charge on any atom is 0.155 e. The van der Waals surface area contributed by atoms with Crippen LogP contribution in [0.15, 0.2) is 11.6 Å². The van der Waals surface area contributed by atoms with E-state index in [1.54, 1.807) is 0 Å². The molecule has 0 saturated heterocycles. The average molecular weight is 302 g/mol. The zero-order chi connectivity index (χ0) is 15.5. The quantitative estimate of drug-likeness (QED) is 0.810. The van der Waals surface area contributed by atoms with E-state index in [0.717, 1.165) is 32.1 Å². The number of aliphatic hydroxyl groups excluding tert-OH is 1. The maximum absolute atomic E-state index is 12.5. The third-order valence-electron chi connectivity index (χ3n) is 7.36. The first-order valence-corrected chi connectivity index (χ1v) is 9.01. The lowest BCUT2D eigenvalue weighted by molar-refractivity contribution is -0.143. The molecule has 0 unspecified atom stereocenters. The Morgan fingerprint density at radius 2 is 2.00 bits per heavy atom. The highest BCUT2D eigenvalue weighted by atomic mass is 16.3. The molecule has 3 fully saturated rings. The molecule has 4 aliphatic carbocycles. The summed E-state index contributed by atoms with van der Waals surface area (Å²) in [5, 5.41) is 10.9. The van der Waals surface area contributed by atoms with Gasteiger partial charge in [0.15, 0.2) is 5.78 Å². The van der Waals surface area contributed by atoms with Crippen molar-refractivity contribution >= 4 is 11.6 Å². The van der Waals surface area contributed by atoms with Crippen molar-refractivity contribution in [2.75, 3.05) is 0 Å². The fourth-order valence-corrected chi connectivity index (χ4v) is 6.43. The number of allylic oxidation sites excluding steroid dienone is 1. The van der Waals surface area contributed by atoms with Gasteiger partial charge >= 0.3 is 0 Å². The highest BCUT2D eigenvalue weighted by Crippen LogP contribution is 2.61. The molecule has 4 rings (SSSR count). The highest BCUT2D eigenvalue weighted by Gasteiger charge is 2.60. The molecule has 6 atom stereocenters. The van der Waals surface area contributed by atoms with Crippen LogP contribution in [0.3, 0.4) is 0 Å². The van der Waals surface area contributed by atoms with E-state index in [9.17, 15) is 14.7 Å². The Labute approximate surface area is 132 Å². The monoisotopic (exact) mass is 302 g/mol. The predicted octanol–water partition coefficient (Wildman–Crippen LogP) is 3.06. The largest absolute Gasteiger partial charge is 0.393 e. The summed E-state index contributed by atoms with van der Waals surface area (Å²) >= 11 is 0. The van der Waals surface area contributed by atoms with Crippen LogP contribution in [0.2, 0.25) is 0 Å². The number of fused-ring (bicyclic) bond motifs is 5. The van der Waals surface area contributed by atoms with Crippen molar-refractivity contribution in [1.29, 1.82) is 0 Å². The molecule has 120 valence electrons. The van der Waals surface area contributed by atoms with Gasteiger partial charge in [0, 0.05) is 18.3 Å². The van der Waals surface area contributed by atoms with Crippen LogP contribution in [0, 0.1) is 29.1 Å². The van der Waals surface area contributed by atoms with E-state index >= 15 is 0 Å². The molecule has 0 amide bonds. The van der Waals surface area contributed by atoms with Gasteiger partial charge in [0.25, 0.3) is 0 Å². The highest BCUT2D eigenvalue weighted by molar-refractivity contribution is 5.91. The molecular formula is C19H26O3. The van der Waals surface area contributed by atoms with Crippen LogP contribution in [0.5, 0.6) is 0 Å². The first-order valence-electron chi connectivity index (χ1n) is 9.01. The molecule has 0 aromatic heterocycles. The molecule has 0 heterocycles. The van der Waals surface area contributed by atoms with E-state index in [0.29, 0.717) is 42.8 Å². The lowest BCUT2D eigenvalue weighted by atomic mass is 9.50. The number of rotatable bonds is 1. The number of ketones is 2. The Morgan fingerprint density at radius 3 is 2.77 bits per heavy atom. The van der Waals surface area contributed by atoms with Gasteiger partial charge in [-0.05, 0) is 68.3 Å². The van der Waals surface area contributed by atoms with Gasteiger partial charge in [0.2, 0.25) is 0 Å². The van der Waals surface area contributed by atoms with Gasteiger partial charge in [0.1, 0.15) is 5.78 Å². The zero-order valence-corrected chi connectivity index (χ0v) is 13.4. The molecule has 0 radical (unpaired) electrons. The summed E-state index contributed by atoms with van der Waals surface area (Å²) in [4.78, 5) is 24.2. The molecule has 0 aromatic rings. The van der Waals surface area contributed by atoms with Gasteiger partial charge in [-0.2, -0.15) is 0 Å². The molecule has 0 aromatic carbocycles. The second kappa shape index (κ2) is 5.02. The Bertz CT molecular complexity index is 549. The van der Waals surface area contributed by atoms with Crippen molar-refractivity contribution in [3.63, 3.8) is 0 Å². The van der Waals surface area contributed by atoms with E-state index in [1.807, 2.05) is 6.08 Å². The molecule has 3 saturated carbocycles. The minimum absolute atomic E-state index is 0.244. The minimum atomic E-state index is -0.370. The summed E-state index contributed by atoms with van der Waals surface area (Å²) in [6, 6.07) is 0. The molecule has 0 spiro atoms. The normalized spacial score (nSPS) is 47.5. The van der Waals surface area contributed by atoms with Crippen LogP contribution in [0.1, 0.15) is 58.3 Å². The Hall–Kier alpha value is -0.960. The second-order valence-corrected chi connectivity index (χ2v) is 7.96. The lowest BCUT2D eigenvalue weighted by Gasteiger charge is -2.54. The number of aliphatic hydroxyl groups is 1. The van der Waals surface area contributed by atoms with Crippen LogP contribution in [-0.2, 0) is 9.59 Å². The van der Waals surface area contributed by atoms with E-state index in [1.165, 1.54) is 5.57 Å². The SMILES string of the molecule is CC[C@@]12C[C@H](O)[C@@H]3[C@H](CCC4=CC(=O)CC[C@H]43)[C@H]1CCC2=O. The molecule has 3 nitrogen and oxygen atoms in total. The molecule has 22 heavy (non-hydrogen) atoms. The third-order valence-corrected chi connectivity index (χ3v) is 7.36. The number of carbonyl (C=O) groups is 2. The van der Waals surface area contributed by atoms with Crippen molar-refractivity contribution in [3.05, 3.63) is 11.6 Å². The fraction of sp³-hybridized carbons (Fsp3) is 0.789. The maximum atomic E-state index is 12.5. The fourth-order valence-electron chi connectivity index (χ4n) is 6.43. The van der Waals surface area contributed by atoms with Crippen LogP contribution >= 0.6 is 0 Å². The number of carbonyl (C=O) groups excluding carboxylic acids is 2. The van der Waals surface area contributed by atoms with Crippen molar-refractivity contribution < 1.29 is 14.7 Å². The molecule has 1 N–H and O–H groups in total. The zero-order valence-electron chi connectivity index (χ0n) is 13.4. The summed E-state index contributed by atoms with van der Waals surface area (Å²) in [6.07, 6.45) is 8.34. The van der Waals surface area contributed by atoms with Gasteiger partial charge in [0.05, 0.1) is 6.10 Å². The van der Waals surface area contributed by atoms with E-state index in [-0.39, 0.29) is 23.2 Å². The molecule has 0 bridgehead atoms. The Morgan fingerprint density at radius 1 is 1.18 bits per heavy atom. The summed E-state index contributed by atoms with van der Waals surface area (Å²) in [6.45, 7) is 2.12. The van der Waals surface area contributed by atoms with Gasteiger partial charge in [-0.1, -0.05) is 12.5 Å². The summed E-state index contributed by atoms with van der Waals surface area (Å²) in [5.74, 6) is 2.27. The minimum Gasteiger partial charge on any atom is -0.393 e. The van der Waals surface area contributed by atoms with Crippen LogP contribution < -0.4 is 0 Å². The predicted molar refractivity (Wildman–Crippen MR) is 83.1 cm³/mol. The molecule has 4 aliphatic rings. The van der Waals surface area contributed by atoms with Gasteiger partial charge in [-0.25, -0.2) is 0 Å². The number of Topliss-reactive ketones (excluding diaryl/α,β-unsaturated/α-hetero) is 1. The number of hydrogen-bond donors (Lipinski definition) is 1. The lowest BCUT2D eigenvalue weighted by Crippen LogP contribution is -2.54. The number of hydrogen-bond acceptors (Lipinski definition) is 3. The van der Waals surface area contributed by atoms with Gasteiger partial charge < -0.3 is 5.11 Å². The summed E-state index contributed by atoms with van der Waals surface area (Å²) in [5.41, 5.74) is 1.04. The third kappa shape index (κ3) is 1.84. The summed E-state index contributed by atoms with van der Waals surface area (Å²) < 4.78 is 0. The van der Waals surface area contributed by atoms with Crippen molar-refractivity contribution in [1.82, 2.24) is 0 Å². The van der Waals surface area contributed by atoms with Crippen LogP contribution in [0.4, 0.5) is 0 Å². The van der Waals surface area contributed by atoms with Crippen molar-refractivity contribution in [2.45, 2.75) is 64.4 Å². The molecule has 3 heteroatoms. The van der Waals surface area contributed by atoms with E-state index in [2.05, 4.69) is 6.92 Å².